The number of alkyl halides is 6. The van der Waals surface area contributed by atoms with Crippen LogP contribution in [0.4, 0.5) is 31.1 Å². The van der Waals surface area contributed by atoms with Gasteiger partial charge in [-0.2, -0.15) is 26.3 Å². The van der Waals surface area contributed by atoms with Crippen molar-refractivity contribution in [1.82, 2.24) is 15.6 Å². The van der Waals surface area contributed by atoms with Crippen molar-refractivity contribution in [3.8, 4) is 16.9 Å². The number of nitrogens with one attached hydrogen (secondary N) is 2. The number of hydrogen-bond acceptors (Lipinski definition) is 3. The highest BCUT2D eigenvalue weighted by Crippen LogP contribution is 2.53. The van der Waals surface area contributed by atoms with Crippen LogP contribution in [0.1, 0.15) is 18.9 Å². The van der Waals surface area contributed by atoms with Crippen LogP contribution in [0, 0.1) is 5.92 Å². The number of ether oxygens (including phenoxy) is 1. The molecule has 0 bridgehead atoms. The number of hydrogen-bond donors (Lipinski definition) is 2. The summed E-state index contributed by atoms with van der Waals surface area (Å²) in [4.78, 5) is 16.3. The minimum Gasteiger partial charge on any atom is -0.464 e. The van der Waals surface area contributed by atoms with Crippen LogP contribution in [0.15, 0.2) is 103 Å². The first-order valence-corrected chi connectivity index (χ1v) is 12.2. The van der Waals surface area contributed by atoms with Gasteiger partial charge in [0.2, 0.25) is 0 Å². The first-order valence-electron chi connectivity index (χ1n) is 12.2. The lowest BCUT2D eigenvalue weighted by molar-refractivity contribution is -0.342. The zero-order valence-corrected chi connectivity index (χ0v) is 21.2. The molecule has 2 N–H and O–H groups in total. The number of carbonyl (C=O) groups excluding carboxylic acids is 1. The predicted molar refractivity (Wildman–Crippen MR) is 137 cm³/mol. The van der Waals surface area contributed by atoms with E-state index in [1.807, 2.05) is 0 Å². The molecule has 0 spiro atoms. The van der Waals surface area contributed by atoms with Crippen molar-refractivity contribution >= 4 is 6.03 Å². The minimum atomic E-state index is -5.86. The summed E-state index contributed by atoms with van der Waals surface area (Å²) < 4.78 is 92.5. The molecule has 210 valence electrons. The van der Waals surface area contributed by atoms with Crippen molar-refractivity contribution in [2.24, 2.45) is 5.92 Å². The standard InChI is InChI=1S/C29H25F6N3O2/c1-19-16-22(13-14-24(19)38-26(39)37-18-20-8-7-15-36-17-20)27(28(30,31)32,29(33,34)35)40-25-12-6-5-11-23(25)21-9-3-2-4-10-21/h2-15,17,19H,16,18H2,1H3,(H2,37,38,39). The van der Waals surface area contributed by atoms with E-state index in [4.69, 9.17) is 4.74 Å². The Morgan fingerprint density at radius 3 is 2.23 bits per heavy atom. The molecule has 1 heterocycles. The number of allylic oxidation sites excluding steroid dienone is 3. The molecule has 1 unspecified atom stereocenters. The van der Waals surface area contributed by atoms with Crippen LogP contribution >= 0.6 is 0 Å². The van der Waals surface area contributed by atoms with E-state index in [0.29, 0.717) is 11.1 Å². The Kier molecular flexibility index (Phi) is 8.22. The first kappa shape index (κ1) is 28.7. The van der Waals surface area contributed by atoms with Gasteiger partial charge in [-0.3, -0.25) is 4.98 Å². The van der Waals surface area contributed by atoms with E-state index in [1.54, 1.807) is 54.9 Å². The number of urea groups is 1. The molecule has 0 fully saturated rings. The molecule has 0 radical (unpaired) electrons. The van der Waals surface area contributed by atoms with Crippen molar-refractivity contribution < 1.29 is 35.9 Å². The number of benzene rings is 2. The Morgan fingerprint density at radius 2 is 1.60 bits per heavy atom. The molecule has 1 aromatic heterocycles. The zero-order valence-electron chi connectivity index (χ0n) is 21.2. The molecule has 40 heavy (non-hydrogen) atoms. The third-order valence-corrected chi connectivity index (χ3v) is 6.44. The van der Waals surface area contributed by atoms with Gasteiger partial charge in [-0.1, -0.05) is 67.6 Å². The highest BCUT2D eigenvalue weighted by Gasteiger charge is 2.75. The molecule has 1 atom stereocenters. The first-order chi connectivity index (χ1) is 18.9. The maximum Gasteiger partial charge on any atom is 0.441 e. The SMILES string of the molecule is CC1CC(C(Oc2ccccc2-c2ccccc2)(C(F)(F)F)C(F)(F)F)=CC=C1NC(=O)NCc1cccnc1. The van der Waals surface area contributed by atoms with Gasteiger partial charge in [0.05, 0.1) is 0 Å². The maximum atomic E-state index is 14.6. The van der Waals surface area contributed by atoms with Gasteiger partial charge in [0.25, 0.3) is 0 Å². The van der Waals surface area contributed by atoms with Crippen LogP contribution in [0.3, 0.4) is 0 Å². The average molecular weight is 562 g/mol. The molecule has 2 amide bonds. The van der Waals surface area contributed by atoms with Crippen LogP contribution in [0.5, 0.6) is 5.75 Å². The Labute approximate surface area is 226 Å². The fourth-order valence-electron chi connectivity index (χ4n) is 4.43. The lowest BCUT2D eigenvalue weighted by Crippen LogP contribution is -2.62. The Morgan fingerprint density at radius 1 is 0.925 bits per heavy atom. The molecule has 5 nitrogen and oxygen atoms in total. The third kappa shape index (κ3) is 5.98. The van der Waals surface area contributed by atoms with Crippen LogP contribution in [-0.4, -0.2) is 29.0 Å². The highest BCUT2D eigenvalue weighted by atomic mass is 19.4. The van der Waals surface area contributed by atoms with E-state index in [2.05, 4.69) is 15.6 Å². The molecule has 0 saturated carbocycles. The number of para-hydroxylation sites is 1. The molecule has 3 aromatic rings. The normalized spacial score (nSPS) is 16.0. The zero-order chi connectivity index (χ0) is 29.0. The van der Waals surface area contributed by atoms with Crippen molar-refractivity contribution in [3.05, 3.63) is 108 Å². The van der Waals surface area contributed by atoms with Gasteiger partial charge < -0.3 is 15.4 Å². The summed E-state index contributed by atoms with van der Waals surface area (Å²) in [6, 6.07) is 16.1. The molecule has 0 aliphatic heterocycles. The highest BCUT2D eigenvalue weighted by molar-refractivity contribution is 5.76. The number of aromatic nitrogens is 1. The third-order valence-electron chi connectivity index (χ3n) is 6.44. The van der Waals surface area contributed by atoms with Gasteiger partial charge in [-0.05, 0) is 41.3 Å². The lowest BCUT2D eigenvalue weighted by Gasteiger charge is -2.41. The van der Waals surface area contributed by atoms with Crippen molar-refractivity contribution in [3.63, 3.8) is 0 Å². The lowest BCUT2D eigenvalue weighted by atomic mass is 9.81. The summed E-state index contributed by atoms with van der Waals surface area (Å²) in [7, 11) is 0. The number of carbonyl (C=O) groups is 1. The fraction of sp³-hybridized carbons (Fsp3) is 0.241. The van der Waals surface area contributed by atoms with Gasteiger partial charge in [0.15, 0.2) is 0 Å². The molecular weight excluding hydrogens is 536 g/mol. The summed E-state index contributed by atoms with van der Waals surface area (Å²) >= 11 is 0. The van der Waals surface area contributed by atoms with Gasteiger partial charge in [-0.25, -0.2) is 4.79 Å². The second-order valence-electron chi connectivity index (χ2n) is 9.23. The van der Waals surface area contributed by atoms with E-state index in [0.717, 1.165) is 18.2 Å². The second-order valence-corrected chi connectivity index (χ2v) is 9.23. The van der Waals surface area contributed by atoms with E-state index in [-0.39, 0.29) is 17.8 Å². The quantitative estimate of drug-likeness (QED) is 0.297. The van der Waals surface area contributed by atoms with Crippen molar-refractivity contribution in [2.75, 3.05) is 0 Å². The summed E-state index contributed by atoms with van der Waals surface area (Å²) in [5.41, 5.74) is -4.30. The Hall–Kier alpha value is -4.28. The minimum absolute atomic E-state index is 0.0774. The van der Waals surface area contributed by atoms with Crippen LogP contribution in [-0.2, 0) is 6.54 Å². The molecule has 2 aromatic carbocycles. The predicted octanol–water partition coefficient (Wildman–Crippen LogP) is 7.34. The maximum absolute atomic E-state index is 14.6. The summed E-state index contributed by atoms with van der Waals surface area (Å²) in [5, 5.41) is 5.09. The summed E-state index contributed by atoms with van der Waals surface area (Å²) in [5.74, 6) is -1.46. The summed E-state index contributed by atoms with van der Waals surface area (Å²) in [6.07, 6.45) is -7.51. The van der Waals surface area contributed by atoms with Gasteiger partial charge in [0, 0.05) is 36.1 Å². The Bertz CT molecular complexity index is 1370. The fourth-order valence-corrected chi connectivity index (χ4v) is 4.43. The number of rotatable bonds is 7. The van der Waals surface area contributed by atoms with E-state index < -0.39 is 47.6 Å². The molecule has 11 heteroatoms. The summed E-state index contributed by atoms with van der Waals surface area (Å²) in [6.45, 7) is 1.55. The van der Waals surface area contributed by atoms with Gasteiger partial charge in [-0.15, -0.1) is 0 Å². The largest absolute Gasteiger partial charge is 0.464 e. The van der Waals surface area contributed by atoms with Crippen LogP contribution < -0.4 is 15.4 Å². The number of halogens is 6. The van der Waals surface area contributed by atoms with Crippen molar-refractivity contribution in [2.45, 2.75) is 37.8 Å². The van der Waals surface area contributed by atoms with E-state index in [9.17, 15) is 31.1 Å². The molecule has 1 aliphatic carbocycles. The average Bonchev–Trinajstić information content (AvgIpc) is 2.91. The monoisotopic (exact) mass is 561 g/mol. The van der Waals surface area contributed by atoms with Gasteiger partial charge >= 0.3 is 24.0 Å². The number of amides is 2. The molecule has 1 aliphatic rings. The number of nitrogens with zero attached hydrogens (tertiary/aromatic N) is 1. The Balaban J connectivity index is 1.67. The molecule has 4 rings (SSSR count). The molecule has 0 saturated heterocycles. The van der Waals surface area contributed by atoms with Crippen LogP contribution in [0.25, 0.3) is 11.1 Å². The smallest absolute Gasteiger partial charge is 0.441 e. The van der Waals surface area contributed by atoms with Crippen LogP contribution in [0.2, 0.25) is 0 Å². The second kappa shape index (κ2) is 11.4. The molecular formula is C29H25F6N3O2. The van der Waals surface area contributed by atoms with Gasteiger partial charge in [0.1, 0.15) is 5.75 Å². The van der Waals surface area contributed by atoms with E-state index in [1.165, 1.54) is 25.1 Å². The number of pyridine rings is 1. The van der Waals surface area contributed by atoms with Crippen molar-refractivity contribution in [1.29, 1.82) is 0 Å². The van der Waals surface area contributed by atoms with E-state index >= 15 is 0 Å². The topological polar surface area (TPSA) is 63.2 Å².